The summed E-state index contributed by atoms with van der Waals surface area (Å²) in [4.78, 5) is 42.5. The Morgan fingerprint density at radius 3 is 2.63 bits per heavy atom. The molecule has 0 unspecified atom stereocenters. The lowest BCUT2D eigenvalue weighted by Gasteiger charge is -2.21. The van der Waals surface area contributed by atoms with E-state index < -0.39 is 33.6 Å². The molecule has 1 atom stereocenters. The van der Waals surface area contributed by atoms with Crippen molar-refractivity contribution in [1.82, 2.24) is 4.90 Å². The van der Waals surface area contributed by atoms with Gasteiger partial charge in [0.2, 0.25) is 5.91 Å². The molecule has 0 aliphatic carbocycles. The molecule has 180 valence electrons. The van der Waals surface area contributed by atoms with Crippen LogP contribution in [0.3, 0.4) is 0 Å². The number of amides is 3. The monoisotopic (exact) mass is 591 g/mol. The standard InChI is InChI=1S/C23H18BrN3O5S3/c24-13-4-3-5-14(10-13)25-18(28)11-26-17-7-2-1-6-16(17)19(21(26)29)20-22(30)27(23(33)34-20)15-8-9-35(31,32)12-15/h1-7,10,15H,8-9,11-12H2,(H,25,28)/b20-19+/t15-/m0/s1. The first-order chi connectivity index (χ1) is 16.6. The zero-order valence-corrected chi connectivity index (χ0v) is 22.1. The van der Waals surface area contributed by atoms with Gasteiger partial charge in [0.15, 0.2) is 9.84 Å². The molecular formula is C23H18BrN3O5S3. The number of nitrogens with zero attached hydrogens (tertiary/aromatic N) is 2. The summed E-state index contributed by atoms with van der Waals surface area (Å²) in [6, 6.07) is 13.5. The van der Waals surface area contributed by atoms with Gasteiger partial charge in [-0.1, -0.05) is 64.2 Å². The lowest BCUT2D eigenvalue weighted by Crippen LogP contribution is -2.39. The highest BCUT2D eigenvalue weighted by atomic mass is 79.9. The summed E-state index contributed by atoms with van der Waals surface area (Å²) in [6.45, 7) is -0.243. The van der Waals surface area contributed by atoms with E-state index in [4.69, 9.17) is 12.2 Å². The molecule has 2 fully saturated rings. The minimum atomic E-state index is -3.23. The Morgan fingerprint density at radius 1 is 1.14 bits per heavy atom. The van der Waals surface area contributed by atoms with Gasteiger partial charge in [-0.2, -0.15) is 0 Å². The molecular weight excluding hydrogens is 574 g/mol. The Balaban J connectivity index is 1.45. The molecule has 3 heterocycles. The molecule has 0 radical (unpaired) electrons. The molecule has 2 aromatic carbocycles. The molecule has 1 N–H and O–H groups in total. The topological polar surface area (TPSA) is 104 Å². The molecule has 35 heavy (non-hydrogen) atoms. The third-order valence-corrected chi connectivity index (χ3v) is 9.58. The Kier molecular flexibility index (Phi) is 6.32. The van der Waals surface area contributed by atoms with Gasteiger partial charge < -0.3 is 5.32 Å². The van der Waals surface area contributed by atoms with Crippen molar-refractivity contribution in [1.29, 1.82) is 0 Å². The fraction of sp³-hybridized carbons (Fsp3) is 0.217. The number of benzene rings is 2. The van der Waals surface area contributed by atoms with Crippen molar-refractivity contribution in [2.45, 2.75) is 12.5 Å². The van der Waals surface area contributed by atoms with E-state index in [0.717, 1.165) is 16.2 Å². The summed E-state index contributed by atoms with van der Waals surface area (Å²) >= 11 is 9.76. The molecule has 0 bridgehead atoms. The van der Waals surface area contributed by atoms with Crippen molar-refractivity contribution < 1.29 is 22.8 Å². The quantitative estimate of drug-likeness (QED) is 0.430. The number of sulfone groups is 1. The maximum absolute atomic E-state index is 13.5. The molecule has 0 saturated carbocycles. The molecule has 3 aliphatic heterocycles. The minimum Gasteiger partial charge on any atom is -0.324 e. The van der Waals surface area contributed by atoms with Crippen LogP contribution < -0.4 is 10.2 Å². The average molecular weight is 593 g/mol. The van der Waals surface area contributed by atoms with E-state index in [2.05, 4.69) is 21.2 Å². The van der Waals surface area contributed by atoms with E-state index in [9.17, 15) is 22.8 Å². The maximum atomic E-state index is 13.5. The first kappa shape index (κ1) is 24.2. The van der Waals surface area contributed by atoms with Crippen molar-refractivity contribution in [3.8, 4) is 0 Å². The second-order valence-corrected chi connectivity index (χ2v) is 13.1. The summed E-state index contributed by atoms with van der Waals surface area (Å²) in [5, 5.41) is 2.78. The van der Waals surface area contributed by atoms with E-state index in [1.54, 1.807) is 42.5 Å². The van der Waals surface area contributed by atoms with Gasteiger partial charge in [0.1, 0.15) is 10.9 Å². The first-order valence-corrected chi connectivity index (χ1v) is 14.5. The maximum Gasteiger partial charge on any atom is 0.267 e. The van der Waals surface area contributed by atoms with E-state index in [1.165, 1.54) is 9.80 Å². The molecule has 5 rings (SSSR count). The van der Waals surface area contributed by atoms with Crippen LogP contribution in [0.4, 0.5) is 11.4 Å². The predicted molar refractivity (Wildman–Crippen MR) is 143 cm³/mol. The molecule has 0 spiro atoms. The number of anilines is 2. The third kappa shape index (κ3) is 4.55. The number of carbonyl (C=O) groups is 3. The van der Waals surface area contributed by atoms with Gasteiger partial charge in [-0.05, 0) is 30.7 Å². The lowest BCUT2D eigenvalue weighted by atomic mass is 10.1. The number of rotatable bonds is 4. The van der Waals surface area contributed by atoms with Gasteiger partial charge in [-0.3, -0.25) is 24.2 Å². The van der Waals surface area contributed by atoms with Gasteiger partial charge in [0.05, 0.1) is 33.7 Å². The van der Waals surface area contributed by atoms with E-state index in [1.807, 2.05) is 6.07 Å². The highest BCUT2D eigenvalue weighted by molar-refractivity contribution is 9.10. The second-order valence-electron chi connectivity index (χ2n) is 8.27. The van der Waals surface area contributed by atoms with Gasteiger partial charge >= 0.3 is 0 Å². The van der Waals surface area contributed by atoms with E-state index in [0.29, 0.717) is 23.4 Å². The van der Waals surface area contributed by atoms with Crippen molar-refractivity contribution in [2.24, 2.45) is 0 Å². The van der Waals surface area contributed by atoms with Gasteiger partial charge in [0.25, 0.3) is 11.8 Å². The minimum absolute atomic E-state index is 0.00324. The van der Waals surface area contributed by atoms with E-state index in [-0.39, 0.29) is 32.8 Å². The third-order valence-electron chi connectivity index (χ3n) is 5.93. The fourth-order valence-electron chi connectivity index (χ4n) is 4.39. The van der Waals surface area contributed by atoms with Crippen molar-refractivity contribution in [3.05, 3.63) is 63.5 Å². The average Bonchev–Trinajstić information content (AvgIpc) is 3.39. The van der Waals surface area contributed by atoms with Crippen LogP contribution in [0, 0.1) is 0 Å². The van der Waals surface area contributed by atoms with Crippen LogP contribution in [0.2, 0.25) is 0 Å². The Hall–Kier alpha value is -2.54. The molecule has 2 saturated heterocycles. The summed E-state index contributed by atoms with van der Waals surface area (Å²) in [6.07, 6.45) is 0.309. The van der Waals surface area contributed by atoms with Gasteiger partial charge in [-0.15, -0.1) is 0 Å². The Morgan fingerprint density at radius 2 is 1.91 bits per heavy atom. The first-order valence-electron chi connectivity index (χ1n) is 10.6. The molecule has 8 nitrogen and oxygen atoms in total. The number of para-hydroxylation sites is 1. The number of nitrogens with one attached hydrogen (secondary N) is 1. The number of hydrogen-bond acceptors (Lipinski definition) is 7. The highest BCUT2D eigenvalue weighted by Gasteiger charge is 2.46. The lowest BCUT2D eigenvalue weighted by molar-refractivity contribution is -0.123. The molecule has 12 heteroatoms. The number of carbonyl (C=O) groups excluding carboxylic acids is 3. The Labute approximate surface area is 219 Å². The van der Waals surface area contributed by atoms with Crippen LogP contribution in [0.25, 0.3) is 5.57 Å². The number of halogens is 1. The van der Waals surface area contributed by atoms with Crippen LogP contribution in [0.15, 0.2) is 57.9 Å². The number of hydrogen-bond donors (Lipinski definition) is 1. The number of thioether (sulfide) groups is 1. The predicted octanol–water partition coefficient (Wildman–Crippen LogP) is 3.19. The van der Waals surface area contributed by atoms with Crippen LogP contribution in [-0.2, 0) is 24.2 Å². The molecule has 0 aromatic heterocycles. The zero-order valence-electron chi connectivity index (χ0n) is 18.1. The van der Waals surface area contributed by atoms with Crippen molar-refractivity contribution >= 4 is 88.7 Å². The van der Waals surface area contributed by atoms with Crippen LogP contribution >= 0.6 is 39.9 Å². The zero-order chi connectivity index (χ0) is 24.9. The molecule has 3 amide bonds. The molecule has 2 aromatic rings. The second kappa shape index (κ2) is 9.16. The number of fused-ring (bicyclic) bond motifs is 1. The fourth-order valence-corrected chi connectivity index (χ4v) is 7.96. The smallest absolute Gasteiger partial charge is 0.267 e. The van der Waals surface area contributed by atoms with Crippen LogP contribution in [0.5, 0.6) is 0 Å². The molecule has 3 aliphatic rings. The Bertz CT molecular complexity index is 1440. The van der Waals surface area contributed by atoms with Crippen LogP contribution in [-0.4, -0.2) is 59.5 Å². The summed E-state index contributed by atoms with van der Waals surface area (Å²) < 4.78 is 25.0. The normalized spacial score (nSPS) is 23.2. The largest absolute Gasteiger partial charge is 0.324 e. The van der Waals surface area contributed by atoms with Gasteiger partial charge in [0, 0.05) is 15.7 Å². The van der Waals surface area contributed by atoms with Crippen molar-refractivity contribution in [2.75, 3.05) is 28.3 Å². The summed E-state index contributed by atoms with van der Waals surface area (Å²) in [5.41, 5.74) is 1.81. The van der Waals surface area contributed by atoms with E-state index >= 15 is 0 Å². The van der Waals surface area contributed by atoms with Gasteiger partial charge in [-0.25, -0.2) is 8.42 Å². The summed E-state index contributed by atoms with van der Waals surface area (Å²) in [5.74, 6) is -1.48. The highest BCUT2D eigenvalue weighted by Crippen LogP contribution is 2.45. The SMILES string of the molecule is O=C(CN1C(=O)/C(=C2/SC(=S)N([C@H]3CCS(=O)(=O)C3)C2=O)c2ccccc21)Nc1cccc(Br)c1. The van der Waals surface area contributed by atoms with Crippen LogP contribution in [0.1, 0.15) is 12.0 Å². The number of thiocarbonyl (C=S) groups is 1. The summed E-state index contributed by atoms with van der Waals surface area (Å²) in [7, 11) is -3.23. The van der Waals surface area contributed by atoms with Crippen molar-refractivity contribution in [3.63, 3.8) is 0 Å².